The van der Waals surface area contributed by atoms with Gasteiger partial charge in [-0.2, -0.15) is 0 Å². The van der Waals surface area contributed by atoms with Gasteiger partial charge in [0.1, 0.15) is 72.9 Å². The minimum absolute atomic E-state index is 0.0685. The highest BCUT2D eigenvalue weighted by Crippen LogP contribution is 2.32. The van der Waals surface area contributed by atoms with E-state index in [0.29, 0.717) is 11.0 Å². The first-order valence-electron chi connectivity index (χ1n) is 24.9. The van der Waals surface area contributed by atoms with Crippen LogP contribution in [0.5, 0.6) is 0 Å². The number of fused-ring (bicyclic) bond motifs is 6. The second-order valence-corrected chi connectivity index (χ2v) is 22.1. The van der Waals surface area contributed by atoms with Gasteiger partial charge in [0.25, 0.3) is 11.8 Å². The lowest BCUT2D eigenvalue weighted by Crippen LogP contribution is -2.60. The molecule has 22 nitrogen and oxygen atoms in total. The minimum atomic E-state index is -1.63. The van der Waals surface area contributed by atoms with Crippen LogP contribution >= 0.6 is 23.5 Å². The second kappa shape index (κ2) is 25.7. The van der Waals surface area contributed by atoms with E-state index >= 15 is 9.59 Å². The highest BCUT2D eigenvalue weighted by molar-refractivity contribution is 8.16. The van der Waals surface area contributed by atoms with Gasteiger partial charge in [-0.1, -0.05) is 76.2 Å². The van der Waals surface area contributed by atoms with Crippen LogP contribution in [0.1, 0.15) is 62.5 Å². The average molecular weight is 1100 g/mol. The third-order valence-corrected chi connectivity index (χ3v) is 16.3. The van der Waals surface area contributed by atoms with Gasteiger partial charge in [0.2, 0.25) is 35.4 Å². The van der Waals surface area contributed by atoms with Gasteiger partial charge in [0.15, 0.2) is 0 Å². The monoisotopic (exact) mass is 1100 g/mol. The molecule has 2 bridgehead atoms. The number of esters is 2. The molecule has 8 amide bonds. The normalized spacial score (nSPS) is 25.4. The number of ether oxygens (including phenoxy) is 2. The Kier molecular flexibility index (Phi) is 19.6. The first-order chi connectivity index (χ1) is 36.4. The molecule has 2 aliphatic rings. The van der Waals surface area contributed by atoms with Crippen molar-refractivity contribution in [3.63, 3.8) is 0 Å². The molecule has 77 heavy (non-hydrogen) atoms. The molecule has 2 saturated heterocycles. The zero-order chi connectivity index (χ0) is 56.6. The molecule has 0 saturated carbocycles. The molecule has 4 N–H and O–H groups in total. The Hall–Kier alpha value is -7.34. The number of aromatic nitrogens is 2. The highest BCUT2D eigenvalue weighted by Gasteiger charge is 2.45. The van der Waals surface area contributed by atoms with E-state index in [1.165, 1.54) is 54.2 Å². The van der Waals surface area contributed by atoms with Crippen LogP contribution in [0.25, 0.3) is 21.8 Å². The molecule has 0 radical (unpaired) electrons. The molecule has 0 spiro atoms. The third kappa shape index (κ3) is 13.6. The van der Waals surface area contributed by atoms with E-state index in [9.17, 15) is 38.4 Å². The van der Waals surface area contributed by atoms with Crippen LogP contribution < -0.4 is 21.3 Å². The van der Waals surface area contributed by atoms with Crippen molar-refractivity contribution in [1.29, 1.82) is 0 Å². The van der Waals surface area contributed by atoms with Crippen molar-refractivity contribution in [1.82, 2.24) is 50.8 Å². The van der Waals surface area contributed by atoms with E-state index < -0.39 is 137 Å². The van der Waals surface area contributed by atoms with E-state index in [2.05, 4.69) is 31.2 Å². The second-order valence-electron chi connectivity index (χ2n) is 19.6. The molecule has 2 fully saturated rings. The predicted molar refractivity (Wildman–Crippen MR) is 289 cm³/mol. The van der Waals surface area contributed by atoms with Gasteiger partial charge >= 0.3 is 11.9 Å². The van der Waals surface area contributed by atoms with Crippen molar-refractivity contribution >= 4 is 105 Å². The maximum absolute atomic E-state index is 15.2. The number of thioether (sulfide) groups is 2. The Labute approximate surface area is 454 Å². The summed E-state index contributed by atoms with van der Waals surface area (Å²) in [5.41, 5.74) is 0.846. The van der Waals surface area contributed by atoms with Crippen molar-refractivity contribution in [3.05, 3.63) is 84.2 Å². The van der Waals surface area contributed by atoms with Gasteiger partial charge in [-0.05, 0) is 56.2 Å². The maximum atomic E-state index is 15.2. The van der Waals surface area contributed by atoms with Crippen molar-refractivity contribution in [2.75, 3.05) is 53.4 Å². The van der Waals surface area contributed by atoms with Crippen LogP contribution in [0.4, 0.5) is 0 Å². The number of likely N-dealkylation sites (N-methyl/N-ethyl adjacent to an activating group) is 4. The lowest BCUT2D eigenvalue weighted by molar-refractivity contribution is -0.160. The number of carbonyl (C=O) groups excluding carboxylic acids is 10. The number of rotatable bonds is 7. The number of benzene rings is 2. The van der Waals surface area contributed by atoms with E-state index in [-0.39, 0.29) is 17.1 Å². The SMILES string of the molecule is CSC1SC[C@H]2C(=O)N(C)[C@@H](C(C)C)C(=O)OC[C@@H](NC(=O)c3ccc4ccccc4n3)C(=O)N[C@@H](C)C(=O)N(C)[C@H]1C(=O)N(C)[C@@H](C(C)C)C(=O)OC[C@@H](NC(=O)c1ccc3ccccc3n1)C(=O)N[C@@H](C)C(=O)N2C. The third-order valence-electron chi connectivity index (χ3n) is 13.5. The van der Waals surface area contributed by atoms with Crippen LogP contribution in [0.3, 0.4) is 0 Å². The quantitative estimate of drug-likeness (QED) is 0.192. The molecule has 1 unspecified atom stereocenters. The molecule has 24 heteroatoms. The largest absolute Gasteiger partial charge is 0.461 e. The number of nitrogens with zero attached hydrogens (tertiary/aromatic N) is 6. The smallest absolute Gasteiger partial charge is 0.329 e. The number of para-hydroxylation sites is 2. The zero-order valence-electron chi connectivity index (χ0n) is 44.8. The van der Waals surface area contributed by atoms with Crippen molar-refractivity contribution in [2.24, 2.45) is 11.8 Å². The molecule has 6 rings (SSSR count). The van der Waals surface area contributed by atoms with Crippen LogP contribution in [-0.2, 0) is 47.8 Å². The minimum Gasteiger partial charge on any atom is -0.461 e. The number of hydrogen-bond acceptors (Lipinski definition) is 16. The molecule has 412 valence electrons. The summed E-state index contributed by atoms with van der Waals surface area (Å²) in [5, 5.41) is 11.8. The predicted octanol–water partition coefficient (Wildman–Crippen LogP) is 1.85. The maximum Gasteiger partial charge on any atom is 0.329 e. The number of hydrogen-bond donors (Lipinski definition) is 4. The Morgan fingerprint density at radius 3 is 1.44 bits per heavy atom. The highest BCUT2D eigenvalue weighted by atomic mass is 32.2. The van der Waals surface area contributed by atoms with Crippen molar-refractivity contribution in [2.45, 2.75) is 94.5 Å². The number of nitrogens with one attached hydrogen (secondary N) is 4. The molecule has 2 aromatic heterocycles. The fraction of sp³-hybridized carbons (Fsp3) is 0.472. The summed E-state index contributed by atoms with van der Waals surface area (Å²) in [5.74, 6) is -10.1. The Morgan fingerprint density at radius 1 is 0.597 bits per heavy atom. The Morgan fingerprint density at radius 2 is 1.01 bits per heavy atom. The van der Waals surface area contributed by atoms with Crippen LogP contribution in [-0.4, -0.2) is 195 Å². The summed E-state index contributed by atoms with van der Waals surface area (Å²) < 4.78 is 10.6. The molecular weight excluding hydrogens is 1030 g/mol. The summed E-state index contributed by atoms with van der Waals surface area (Å²) in [6.07, 6.45) is 1.67. The summed E-state index contributed by atoms with van der Waals surface area (Å²) in [7, 11) is 5.37. The lowest BCUT2D eigenvalue weighted by atomic mass is 10.0. The molecule has 2 aromatic carbocycles. The van der Waals surface area contributed by atoms with Crippen molar-refractivity contribution < 1.29 is 57.4 Å². The summed E-state index contributed by atoms with van der Waals surface area (Å²) in [4.78, 5) is 158. The number of carbonyl (C=O) groups is 10. The molecule has 4 heterocycles. The summed E-state index contributed by atoms with van der Waals surface area (Å²) >= 11 is 2.18. The Balaban J connectivity index is 1.43. The van der Waals surface area contributed by atoms with Gasteiger partial charge in [0.05, 0.1) is 15.6 Å². The molecule has 0 aliphatic carbocycles. The molecule has 9 atom stereocenters. The molecule has 2 aliphatic heterocycles. The standard InChI is InChI=1S/C53H66N10O12S2/c1-27(2)40-51(72)74-24-38(59-44(65)36-23-21-32-17-13-15-19-34(32)57-36)46(67)55-30(6)48(69)63(10)42-50(71)62(9)41(28(3)4)52(73)75-25-37(58-43(64)35-22-20-31-16-12-14-18-33(31)56-35)45(66)54-29(5)47(68)60(7)39(49(70)61(40)8)26-77-53(42)76-11/h12-23,27-30,37-42,53H,24-26H2,1-11H3,(H,54,66)(H,55,67)(H,58,64)(H,59,65)/t29-,30-,37+,38+,39-,40-,41-,42-,53?/m0/s1. The van der Waals surface area contributed by atoms with E-state index in [4.69, 9.17) is 9.47 Å². The average Bonchev–Trinajstić information content (AvgIpc) is 3.40. The topological polar surface area (TPSA) is 276 Å². The number of pyridine rings is 2. The molecule has 4 aromatic rings. The van der Waals surface area contributed by atoms with Gasteiger partial charge < -0.3 is 50.3 Å². The number of amides is 8. The van der Waals surface area contributed by atoms with E-state index in [0.717, 1.165) is 53.9 Å². The van der Waals surface area contributed by atoms with Gasteiger partial charge in [-0.15, -0.1) is 23.5 Å². The lowest BCUT2D eigenvalue weighted by Gasteiger charge is -2.40. The Bertz CT molecular complexity index is 2930. The van der Waals surface area contributed by atoms with E-state index in [1.54, 1.807) is 94.6 Å². The van der Waals surface area contributed by atoms with Gasteiger partial charge in [-0.25, -0.2) is 19.6 Å². The van der Waals surface area contributed by atoms with Crippen molar-refractivity contribution in [3.8, 4) is 0 Å². The zero-order valence-corrected chi connectivity index (χ0v) is 46.4. The van der Waals surface area contributed by atoms with Gasteiger partial charge in [-0.3, -0.25) is 38.4 Å². The summed E-state index contributed by atoms with van der Waals surface area (Å²) in [6.45, 7) is 7.81. The fourth-order valence-electron chi connectivity index (χ4n) is 9.13. The van der Waals surface area contributed by atoms with Crippen LogP contribution in [0.15, 0.2) is 72.8 Å². The van der Waals surface area contributed by atoms with E-state index in [1.807, 2.05) is 0 Å². The first-order valence-corrected chi connectivity index (χ1v) is 27.3. The first kappa shape index (κ1) is 58.9. The number of cyclic esters (lactones) is 2. The van der Waals surface area contributed by atoms with Gasteiger partial charge in [0, 0.05) is 44.7 Å². The summed E-state index contributed by atoms with van der Waals surface area (Å²) in [6, 6.07) is 8.76. The van der Waals surface area contributed by atoms with Crippen LogP contribution in [0, 0.1) is 11.8 Å². The van der Waals surface area contributed by atoms with Crippen LogP contribution in [0.2, 0.25) is 0 Å². The molecular formula is C53H66N10O12S2. The fourth-order valence-corrected chi connectivity index (χ4v) is 11.7.